The molecule has 0 radical (unpaired) electrons. The molecule has 0 spiro atoms. The molecule has 1 unspecified atom stereocenters. The summed E-state index contributed by atoms with van der Waals surface area (Å²) >= 11 is 0. The summed E-state index contributed by atoms with van der Waals surface area (Å²) in [4.78, 5) is 24.4. The van der Waals surface area contributed by atoms with E-state index in [-0.39, 0.29) is 18.4 Å². The number of aliphatic carboxylic acids is 1. The van der Waals surface area contributed by atoms with Crippen molar-refractivity contribution in [3.63, 3.8) is 0 Å². The zero-order chi connectivity index (χ0) is 15.4. The number of ether oxygens (including phenoxy) is 1. The number of nitrogens with zero attached hydrogens (tertiary/aromatic N) is 1. The van der Waals surface area contributed by atoms with Gasteiger partial charge in [0.05, 0.1) is 5.92 Å². The van der Waals surface area contributed by atoms with Gasteiger partial charge in [0.2, 0.25) is 0 Å². The minimum Gasteiger partial charge on any atom is -0.484 e. The Kier molecular flexibility index (Phi) is 4.83. The highest BCUT2D eigenvalue weighted by atomic mass is 16.5. The van der Waals surface area contributed by atoms with Crippen molar-refractivity contribution in [1.82, 2.24) is 4.90 Å². The van der Waals surface area contributed by atoms with Crippen molar-refractivity contribution in [2.45, 2.75) is 20.3 Å². The van der Waals surface area contributed by atoms with E-state index in [1.54, 1.807) is 11.8 Å². The quantitative estimate of drug-likeness (QED) is 0.868. The van der Waals surface area contributed by atoms with E-state index in [1.165, 1.54) is 5.56 Å². The van der Waals surface area contributed by atoms with Crippen LogP contribution < -0.4 is 4.74 Å². The van der Waals surface area contributed by atoms with Crippen LogP contribution in [0.15, 0.2) is 24.3 Å². The molecule has 0 aliphatic carbocycles. The van der Waals surface area contributed by atoms with Gasteiger partial charge in [-0.25, -0.2) is 0 Å². The summed E-state index contributed by atoms with van der Waals surface area (Å²) in [7, 11) is 0. The van der Waals surface area contributed by atoms with Crippen LogP contribution in [0, 0.1) is 11.8 Å². The van der Waals surface area contributed by atoms with Gasteiger partial charge in [0.1, 0.15) is 5.75 Å². The van der Waals surface area contributed by atoms with Gasteiger partial charge in [0.15, 0.2) is 6.61 Å². The molecule has 0 saturated carbocycles. The van der Waals surface area contributed by atoms with Crippen LogP contribution in [0.2, 0.25) is 0 Å². The smallest absolute Gasteiger partial charge is 0.306 e. The van der Waals surface area contributed by atoms with Crippen molar-refractivity contribution < 1.29 is 19.4 Å². The Balaban J connectivity index is 1.74. The average molecular weight is 291 g/mol. The van der Waals surface area contributed by atoms with E-state index in [0.29, 0.717) is 18.8 Å². The highest BCUT2D eigenvalue weighted by Crippen LogP contribution is 2.24. The SMILES string of the molecule is CCc1ccc(OCC(=O)N2CC(C(C)C(=O)O)C2)cc1. The second-order valence-electron chi connectivity index (χ2n) is 5.47. The zero-order valence-electron chi connectivity index (χ0n) is 12.4. The van der Waals surface area contributed by atoms with Crippen molar-refractivity contribution in [1.29, 1.82) is 0 Å². The Morgan fingerprint density at radius 2 is 1.95 bits per heavy atom. The lowest BCUT2D eigenvalue weighted by molar-refractivity contribution is -0.151. The monoisotopic (exact) mass is 291 g/mol. The maximum atomic E-state index is 11.9. The third-order valence-corrected chi connectivity index (χ3v) is 4.05. The summed E-state index contributed by atoms with van der Waals surface area (Å²) in [5, 5.41) is 8.91. The standard InChI is InChI=1S/C16H21NO4/c1-3-12-4-6-14(7-5-12)21-10-15(18)17-8-13(9-17)11(2)16(19)20/h4-7,11,13H,3,8-10H2,1-2H3,(H,19,20). The summed E-state index contributed by atoms with van der Waals surface area (Å²) in [6.07, 6.45) is 0.968. The number of carbonyl (C=O) groups is 2. The van der Waals surface area contributed by atoms with Crippen LogP contribution in [0.3, 0.4) is 0 Å². The molecule has 1 N–H and O–H groups in total. The first-order chi connectivity index (χ1) is 10.0. The second-order valence-corrected chi connectivity index (χ2v) is 5.47. The number of hydrogen-bond donors (Lipinski definition) is 1. The van der Waals surface area contributed by atoms with Crippen LogP contribution in [0.25, 0.3) is 0 Å². The van der Waals surface area contributed by atoms with Crippen LogP contribution in [0.4, 0.5) is 0 Å². The van der Waals surface area contributed by atoms with E-state index in [0.717, 1.165) is 6.42 Å². The van der Waals surface area contributed by atoms with Crippen LogP contribution in [-0.4, -0.2) is 41.6 Å². The normalized spacial score (nSPS) is 16.2. The lowest BCUT2D eigenvalue weighted by Crippen LogP contribution is -2.54. The number of rotatable bonds is 6. The van der Waals surface area contributed by atoms with Gasteiger partial charge in [-0.05, 0) is 24.1 Å². The molecule has 1 aromatic carbocycles. The topological polar surface area (TPSA) is 66.8 Å². The Labute approximate surface area is 124 Å². The number of amides is 1. The highest BCUT2D eigenvalue weighted by molar-refractivity contribution is 5.79. The number of hydrogen-bond acceptors (Lipinski definition) is 3. The number of carboxylic acid groups (broad SMARTS) is 1. The molecule has 1 fully saturated rings. The second kappa shape index (κ2) is 6.61. The summed E-state index contributed by atoms with van der Waals surface area (Å²) < 4.78 is 5.46. The van der Waals surface area contributed by atoms with E-state index < -0.39 is 11.9 Å². The number of benzene rings is 1. The first kappa shape index (κ1) is 15.4. The largest absolute Gasteiger partial charge is 0.484 e. The molecule has 0 aromatic heterocycles. The van der Waals surface area contributed by atoms with Crippen molar-refractivity contribution in [2.24, 2.45) is 11.8 Å². The predicted octanol–water partition coefficient (Wildman–Crippen LogP) is 1.81. The Morgan fingerprint density at radius 1 is 1.33 bits per heavy atom. The third-order valence-electron chi connectivity index (χ3n) is 4.05. The Morgan fingerprint density at radius 3 is 2.48 bits per heavy atom. The van der Waals surface area contributed by atoms with E-state index in [9.17, 15) is 9.59 Å². The molecular weight excluding hydrogens is 270 g/mol. The summed E-state index contributed by atoms with van der Waals surface area (Å²) in [6, 6.07) is 7.68. The molecule has 21 heavy (non-hydrogen) atoms. The molecule has 1 aliphatic rings. The van der Waals surface area contributed by atoms with Crippen LogP contribution in [-0.2, 0) is 16.0 Å². The van der Waals surface area contributed by atoms with E-state index in [2.05, 4.69) is 6.92 Å². The van der Waals surface area contributed by atoms with E-state index in [1.807, 2.05) is 24.3 Å². The van der Waals surface area contributed by atoms with E-state index in [4.69, 9.17) is 9.84 Å². The van der Waals surface area contributed by atoms with Gasteiger partial charge in [0, 0.05) is 19.0 Å². The Bertz CT molecular complexity index is 506. The number of likely N-dealkylation sites (tertiary alicyclic amines) is 1. The summed E-state index contributed by atoms with van der Waals surface area (Å²) in [6.45, 7) is 4.77. The molecule has 1 aliphatic heterocycles. The van der Waals surface area contributed by atoms with Gasteiger partial charge in [-0.15, -0.1) is 0 Å². The molecule has 114 valence electrons. The number of carboxylic acids is 1. The minimum absolute atomic E-state index is 0.000353. The molecule has 1 saturated heterocycles. The summed E-state index contributed by atoms with van der Waals surface area (Å²) in [5.41, 5.74) is 1.22. The maximum Gasteiger partial charge on any atom is 0.306 e. The molecule has 1 heterocycles. The predicted molar refractivity (Wildman–Crippen MR) is 78.2 cm³/mol. The van der Waals surface area contributed by atoms with Gasteiger partial charge in [-0.1, -0.05) is 26.0 Å². The first-order valence-electron chi connectivity index (χ1n) is 7.23. The average Bonchev–Trinajstić information content (AvgIpc) is 2.43. The Hall–Kier alpha value is -2.04. The fraction of sp³-hybridized carbons (Fsp3) is 0.500. The van der Waals surface area contributed by atoms with E-state index >= 15 is 0 Å². The van der Waals surface area contributed by atoms with Gasteiger partial charge in [-0.3, -0.25) is 9.59 Å². The lowest BCUT2D eigenvalue weighted by atomic mass is 9.87. The lowest BCUT2D eigenvalue weighted by Gasteiger charge is -2.41. The zero-order valence-corrected chi connectivity index (χ0v) is 12.4. The van der Waals surface area contributed by atoms with Crippen LogP contribution >= 0.6 is 0 Å². The molecule has 1 aromatic rings. The highest BCUT2D eigenvalue weighted by Gasteiger charge is 2.37. The van der Waals surface area contributed by atoms with Gasteiger partial charge in [-0.2, -0.15) is 0 Å². The fourth-order valence-electron chi connectivity index (χ4n) is 2.29. The molecular formula is C16H21NO4. The molecule has 5 heteroatoms. The van der Waals surface area contributed by atoms with Crippen molar-refractivity contribution in [2.75, 3.05) is 19.7 Å². The van der Waals surface area contributed by atoms with Crippen molar-refractivity contribution in [3.8, 4) is 5.75 Å². The minimum atomic E-state index is -0.806. The molecule has 1 amide bonds. The van der Waals surface area contributed by atoms with Crippen LogP contribution in [0.1, 0.15) is 19.4 Å². The maximum absolute atomic E-state index is 11.9. The fourth-order valence-corrected chi connectivity index (χ4v) is 2.29. The molecule has 5 nitrogen and oxygen atoms in total. The van der Waals surface area contributed by atoms with Gasteiger partial charge >= 0.3 is 5.97 Å². The van der Waals surface area contributed by atoms with Crippen molar-refractivity contribution in [3.05, 3.63) is 29.8 Å². The summed E-state index contributed by atoms with van der Waals surface area (Å²) in [5.74, 6) is -0.578. The van der Waals surface area contributed by atoms with Crippen molar-refractivity contribution >= 4 is 11.9 Å². The third kappa shape index (κ3) is 3.74. The molecule has 1 atom stereocenters. The number of carbonyl (C=O) groups excluding carboxylic acids is 1. The van der Waals surface area contributed by atoms with Crippen LogP contribution in [0.5, 0.6) is 5.75 Å². The number of aryl methyl sites for hydroxylation is 1. The molecule has 0 bridgehead atoms. The van der Waals surface area contributed by atoms with Gasteiger partial charge < -0.3 is 14.7 Å². The molecule has 2 rings (SSSR count). The van der Waals surface area contributed by atoms with Gasteiger partial charge in [0.25, 0.3) is 5.91 Å². The first-order valence-corrected chi connectivity index (χ1v) is 7.23.